The topological polar surface area (TPSA) is 55.0 Å². The molecule has 0 spiro atoms. The third-order valence-electron chi connectivity index (χ3n) is 2.66. The van der Waals surface area contributed by atoms with Gasteiger partial charge in [0.05, 0.1) is 5.69 Å². The number of anilines is 1. The lowest BCUT2D eigenvalue weighted by atomic mass is 10.1. The molecule has 2 aromatic rings. The van der Waals surface area contributed by atoms with Crippen LogP contribution in [-0.4, -0.2) is 30.1 Å². The van der Waals surface area contributed by atoms with Gasteiger partial charge in [0.15, 0.2) is 0 Å². The molecule has 0 amide bonds. The van der Waals surface area contributed by atoms with Gasteiger partial charge in [0, 0.05) is 36.4 Å². The largest absolute Gasteiger partial charge is 0.343 e. The van der Waals surface area contributed by atoms with Crippen molar-refractivity contribution in [3.8, 4) is 11.3 Å². The van der Waals surface area contributed by atoms with Crippen LogP contribution in [0.3, 0.4) is 0 Å². The van der Waals surface area contributed by atoms with Gasteiger partial charge in [-0.05, 0) is 24.3 Å². The predicted octanol–water partition coefficient (Wildman–Crippen LogP) is 2.44. The van der Waals surface area contributed by atoms with Crippen molar-refractivity contribution >= 4 is 21.9 Å². The molecule has 0 unspecified atom stereocenters. The standard InChI is InChI=1S/C13H14BrFN4/c1-19(7-5-16)13-17-6-4-12(18-13)10-3-2-9(14)8-11(10)15/h2-4,6,8H,5,7,16H2,1H3. The summed E-state index contributed by atoms with van der Waals surface area (Å²) >= 11 is 3.23. The zero-order valence-electron chi connectivity index (χ0n) is 10.5. The smallest absolute Gasteiger partial charge is 0.225 e. The van der Waals surface area contributed by atoms with E-state index in [1.807, 2.05) is 11.9 Å². The van der Waals surface area contributed by atoms with Crippen LogP contribution in [0, 0.1) is 5.82 Å². The molecule has 0 atom stereocenters. The number of hydrogen-bond acceptors (Lipinski definition) is 4. The van der Waals surface area contributed by atoms with Gasteiger partial charge in [0.2, 0.25) is 5.95 Å². The minimum absolute atomic E-state index is 0.319. The van der Waals surface area contributed by atoms with Gasteiger partial charge in [-0.2, -0.15) is 0 Å². The summed E-state index contributed by atoms with van der Waals surface area (Å²) in [5, 5.41) is 0. The zero-order valence-corrected chi connectivity index (χ0v) is 12.1. The Morgan fingerprint density at radius 1 is 1.37 bits per heavy atom. The molecule has 0 saturated carbocycles. The van der Waals surface area contributed by atoms with E-state index < -0.39 is 0 Å². The monoisotopic (exact) mass is 324 g/mol. The fourth-order valence-corrected chi connectivity index (χ4v) is 2.01. The Kier molecular flexibility index (Phi) is 4.44. The summed E-state index contributed by atoms with van der Waals surface area (Å²) < 4.78 is 14.6. The highest BCUT2D eigenvalue weighted by Crippen LogP contribution is 2.24. The molecular formula is C13H14BrFN4. The molecular weight excluding hydrogens is 311 g/mol. The van der Waals surface area contributed by atoms with Crippen molar-refractivity contribution < 1.29 is 4.39 Å². The predicted molar refractivity (Wildman–Crippen MR) is 77.5 cm³/mol. The van der Waals surface area contributed by atoms with Crippen molar-refractivity contribution in [1.29, 1.82) is 0 Å². The van der Waals surface area contributed by atoms with E-state index in [1.165, 1.54) is 6.07 Å². The molecule has 0 radical (unpaired) electrons. The summed E-state index contributed by atoms with van der Waals surface area (Å²) in [6.45, 7) is 1.16. The molecule has 1 aromatic carbocycles. The third kappa shape index (κ3) is 3.27. The van der Waals surface area contributed by atoms with E-state index in [0.717, 1.165) is 0 Å². The Hall–Kier alpha value is -1.53. The van der Waals surface area contributed by atoms with E-state index in [4.69, 9.17) is 5.73 Å². The van der Waals surface area contributed by atoms with Gasteiger partial charge < -0.3 is 10.6 Å². The Labute approximate surface area is 119 Å². The molecule has 4 nitrogen and oxygen atoms in total. The highest BCUT2D eigenvalue weighted by molar-refractivity contribution is 9.10. The number of nitrogens with two attached hydrogens (primary N) is 1. The SMILES string of the molecule is CN(CCN)c1nccc(-c2ccc(Br)cc2F)n1. The lowest BCUT2D eigenvalue weighted by molar-refractivity contribution is 0.629. The van der Waals surface area contributed by atoms with Crippen LogP contribution in [0.5, 0.6) is 0 Å². The number of halogens is 2. The number of hydrogen-bond donors (Lipinski definition) is 1. The summed E-state index contributed by atoms with van der Waals surface area (Å²) in [4.78, 5) is 10.3. The summed E-state index contributed by atoms with van der Waals surface area (Å²) in [5.41, 5.74) is 6.50. The van der Waals surface area contributed by atoms with Crippen molar-refractivity contribution in [1.82, 2.24) is 9.97 Å². The van der Waals surface area contributed by atoms with Gasteiger partial charge in [-0.1, -0.05) is 15.9 Å². The van der Waals surface area contributed by atoms with Crippen LogP contribution in [-0.2, 0) is 0 Å². The molecule has 100 valence electrons. The quantitative estimate of drug-likeness (QED) is 0.938. The first-order valence-corrected chi connectivity index (χ1v) is 6.61. The molecule has 6 heteroatoms. The fraction of sp³-hybridized carbons (Fsp3) is 0.231. The molecule has 0 aliphatic rings. The minimum Gasteiger partial charge on any atom is -0.343 e. The number of nitrogens with zero attached hydrogens (tertiary/aromatic N) is 3. The number of benzene rings is 1. The fourth-order valence-electron chi connectivity index (χ4n) is 1.67. The van der Waals surface area contributed by atoms with Crippen molar-refractivity contribution in [2.45, 2.75) is 0 Å². The molecule has 2 N–H and O–H groups in total. The van der Waals surface area contributed by atoms with Crippen LogP contribution in [0.4, 0.5) is 10.3 Å². The molecule has 0 fully saturated rings. The molecule has 1 heterocycles. The lowest BCUT2D eigenvalue weighted by Gasteiger charge is -2.16. The Balaban J connectivity index is 2.37. The van der Waals surface area contributed by atoms with Gasteiger partial charge in [-0.15, -0.1) is 0 Å². The molecule has 0 bridgehead atoms. The average molecular weight is 325 g/mol. The van der Waals surface area contributed by atoms with E-state index in [-0.39, 0.29) is 5.82 Å². The molecule has 19 heavy (non-hydrogen) atoms. The van der Waals surface area contributed by atoms with Crippen molar-refractivity contribution in [3.63, 3.8) is 0 Å². The number of likely N-dealkylation sites (N-methyl/N-ethyl adjacent to an activating group) is 1. The van der Waals surface area contributed by atoms with E-state index in [9.17, 15) is 4.39 Å². The zero-order chi connectivity index (χ0) is 13.8. The van der Waals surface area contributed by atoms with Gasteiger partial charge in [0.25, 0.3) is 0 Å². The third-order valence-corrected chi connectivity index (χ3v) is 3.15. The van der Waals surface area contributed by atoms with E-state index in [1.54, 1.807) is 24.4 Å². The van der Waals surface area contributed by atoms with Gasteiger partial charge in [-0.25, -0.2) is 14.4 Å². The first kappa shape index (κ1) is 13.9. The lowest BCUT2D eigenvalue weighted by Crippen LogP contribution is -2.26. The second-order valence-corrected chi connectivity index (χ2v) is 4.99. The van der Waals surface area contributed by atoms with Crippen LogP contribution in [0.2, 0.25) is 0 Å². The molecule has 1 aromatic heterocycles. The summed E-state index contributed by atoms with van der Waals surface area (Å²) in [7, 11) is 1.85. The van der Waals surface area contributed by atoms with Crippen LogP contribution in [0.25, 0.3) is 11.3 Å². The van der Waals surface area contributed by atoms with Crippen LogP contribution in [0.1, 0.15) is 0 Å². The van der Waals surface area contributed by atoms with Crippen LogP contribution < -0.4 is 10.6 Å². The van der Waals surface area contributed by atoms with Crippen molar-refractivity contribution in [2.24, 2.45) is 5.73 Å². The van der Waals surface area contributed by atoms with E-state index >= 15 is 0 Å². The maximum atomic E-state index is 13.9. The first-order chi connectivity index (χ1) is 9.11. The Morgan fingerprint density at radius 3 is 2.84 bits per heavy atom. The maximum absolute atomic E-state index is 13.9. The highest BCUT2D eigenvalue weighted by Gasteiger charge is 2.10. The molecule has 0 aliphatic heterocycles. The van der Waals surface area contributed by atoms with Gasteiger partial charge in [-0.3, -0.25) is 0 Å². The summed E-state index contributed by atoms with van der Waals surface area (Å²) in [6.07, 6.45) is 1.62. The summed E-state index contributed by atoms with van der Waals surface area (Å²) in [5.74, 6) is 0.214. The Bertz CT molecular complexity index is 576. The van der Waals surface area contributed by atoms with E-state index in [0.29, 0.717) is 34.8 Å². The van der Waals surface area contributed by atoms with Gasteiger partial charge >= 0.3 is 0 Å². The van der Waals surface area contributed by atoms with Crippen molar-refractivity contribution in [2.75, 3.05) is 25.0 Å². The average Bonchev–Trinajstić information content (AvgIpc) is 2.39. The number of rotatable bonds is 4. The highest BCUT2D eigenvalue weighted by atomic mass is 79.9. The number of aromatic nitrogens is 2. The molecule has 0 saturated heterocycles. The maximum Gasteiger partial charge on any atom is 0.225 e. The van der Waals surface area contributed by atoms with Crippen LogP contribution in [0.15, 0.2) is 34.9 Å². The Morgan fingerprint density at radius 2 is 2.16 bits per heavy atom. The van der Waals surface area contributed by atoms with Crippen LogP contribution >= 0.6 is 15.9 Å². The normalized spacial score (nSPS) is 10.5. The van der Waals surface area contributed by atoms with Gasteiger partial charge in [0.1, 0.15) is 5.82 Å². The van der Waals surface area contributed by atoms with E-state index in [2.05, 4.69) is 25.9 Å². The second-order valence-electron chi connectivity index (χ2n) is 4.08. The molecule has 0 aliphatic carbocycles. The minimum atomic E-state index is -0.319. The summed E-state index contributed by atoms with van der Waals surface area (Å²) in [6, 6.07) is 6.57. The molecule has 2 rings (SSSR count). The van der Waals surface area contributed by atoms with Crippen molar-refractivity contribution in [3.05, 3.63) is 40.8 Å². The first-order valence-electron chi connectivity index (χ1n) is 5.81. The second kappa shape index (κ2) is 6.08.